The maximum atomic E-state index is 11.8. The Labute approximate surface area is 128 Å². The minimum Gasteiger partial charge on any atom is -0.369 e. The average Bonchev–Trinajstić information content (AvgIpc) is 2.45. The number of nitrogens with one attached hydrogen (secondary N) is 2. The van der Waals surface area contributed by atoms with Crippen LogP contribution < -0.4 is 16.6 Å². The van der Waals surface area contributed by atoms with E-state index in [2.05, 4.69) is 15.3 Å². The van der Waals surface area contributed by atoms with Crippen molar-refractivity contribution < 1.29 is 9.72 Å². The molecule has 0 unspecified atom stereocenters. The van der Waals surface area contributed by atoms with Crippen LogP contribution in [0.3, 0.4) is 0 Å². The van der Waals surface area contributed by atoms with Crippen LogP contribution in [0.5, 0.6) is 0 Å². The number of nitrogens with zero attached hydrogens (tertiary/aromatic N) is 3. The highest BCUT2D eigenvalue weighted by Crippen LogP contribution is 2.22. The molecule has 0 fully saturated rings. The van der Waals surface area contributed by atoms with Crippen molar-refractivity contribution in [3.8, 4) is 6.07 Å². The van der Waals surface area contributed by atoms with Crippen molar-refractivity contribution in [2.24, 2.45) is 5.73 Å². The SMILES string of the molecule is N#Cc1cccc(Nc2nc(CC(N)=O)[nH]c(=O)c2[N+](=O)[O-])c1. The number of amides is 1. The molecule has 2 rings (SSSR count). The van der Waals surface area contributed by atoms with Gasteiger partial charge in [-0.3, -0.25) is 19.7 Å². The minimum atomic E-state index is -1.01. The Morgan fingerprint density at radius 2 is 2.26 bits per heavy atom. The Balaban J connectivity index is 2.51. The molecule has 2 aromatic rings. The third kappa shape index (κ3) is 3.67. The van der Waals surface area contributed by atoms with E-state index in [0.29, 0.717) is 11.3 Å². The summed E-state index contributed by atoms with van der Waals surface area (Å²) < 4.78 is 0. The van der Waals surface area contributed by atoms with Crippen LogP contribution >= 0.6 is 0 Å². The maximum absolute atomic E-state index is 11.8. The van der Waals surface area contributed by atoms with Gasteiger partial charge in [-0.2, -0.15) is 5.26 Å². The number of primary amides is 1. The normalized spacial score (nSPS) is 9.87. The van der Waals surface area contributed by atoms with Gasteiger partial charge in [0.1, 0.15) is 5.82 Å². The molecule has 1 amide bonds. The second kappa shape index (κ2) is 6.35. The number of benzene rings is 1. The maximum Gasteiger partial charge on any atom is 0.376 e. The van der Waals surface area contributed by atoms with Crippen LogP contribution in [-0.2, 0) is 11.2 Å². The number of anilines is 2. The number of hydrogen-bond donors (Lipinski definition) is 3. The van der Waals surface area contributed by atoms with Gasteiger partial charge in [0.15, 0.2) is 0 Å². The van der Waals surface area contributed by atoms with E-state index in [-0.39, 0.29) is 18.1 Å². The summed E-state index contributed by atoms with van der Waals surface area (Å²) in [6, 6.07) is 7.99. The summed E-state index contributed by atoms with van der Waals surface area (Å²) >= 11 is 0. The lowest BCUT2D eigenvalue weighted by Crippen LogP contribution is -2.22. The Morgan fingerprint density at radius 3 is 2.87 bits per heavy atom. The molecule has 10 nitrogen and oxygen atoms in total. The molecule has 0 aliphatic heterocycles. The van der Waals surface area contributed by atoms with E-state index < -0.39 is 22.1 Å². The van der Waals surface area contributed by atoms with Crippen LogP contribution in [0.25, 0.3) is 0 Å². The molecule has 0 atom stereocenters. The predicted molar refractivity (Wildman–Crippen MR) is 78.9 cm³/mol. The van der Waals surface area contributed by atoms with Crippen LogP contribution in [0.4, 0.5) is 17.2 Å². The monoisotopic (exact) mass is 314 g/mol. The fraction of sp³-hybridized carbons (Fsp3) is 0.0769. The number of rotatable bonds is 5. The van der Waals surface area contributed by atoms with Gasteiger partial charge in [0, 0.05) is 5.69 Å². The molecule has 0 aliphatic carbocycles. The van der Waals surface area contributed by atoms with Gasteiger partial charge in [0.25, 0.3) is 0 Å². The van der Waals surface area contributed by atoms with Gasteiger partial charge in [-0.25, -0.2) is 4.98 Å². The lowest BCUT2D eigenvalue weighted by molar-refractivity contribution is -0.385. The van der Waals surface area contributed by atoms with E-state index in [1.807, 2.05) is 6.07 Å². The van der Waals surface area contributed by atoms with Crippen LogP contribution in [-0.4, -0.2) is 20.8 Å². The first-order valence-electron chi connectivity index (χ1n) is 6.23. The van der Waals surface area contributed by atoms with Gasteiger partial charge in [-0.05, 0) is 18.2 Å². The van der Waals surface area contributed by atoms with Crippen LogP contribution in [0.15, 0.2) is 29.1 Å². The Kier molecular flexibility index (Phi) is 4.32. The van der Waals surface area contributed by atoms with E-state index in [9.17, 15) is 19.7 Å². The van der Waals surface area contributed by atoms with Crippen molar-refractivity contribution in [3.63, 3.8) is 0 Å². The van der Waals surface area contributed by atoms with Gasteiger partial charge >= 0.3 is 11.2 Å². The van der Waals surface area contributed by atoms with Crippen molar-refractivity contribution in [1.82, 2.24) is 9.97 Å². The second-order valence-electron chi connectivity index (χ2n) is 4.43. The van der Waals surface area contributed by atoms with Crippen LogP contribution in [0.2, 0.25) is 0 Å². The van der Waals surface area contributed by atoms with Crippen molar-refractivity contribution in [3.05, 3.63) is 56.1 Å². The molecule has 0 saturated heterocycles. The highest BCUT2D eigenvalue weighted by molar-refractivity contribution is 5.76. The molecule has 10 heteroatoms. The molecule has 0 bridgehead atoms. The number of nitriles is 1. The molecule has 0 aliphatic rings. The lowest BCUT2D eigenvalue weighted by atomic mass is 10.2. The summed E-state index contributed by atoms with van der Waals surface area (Å²) in [4.78, 5) is 38.9. The zero-order valence-electron chi connectivity index (χ0n) is 11.6. The van der Waals surface area contributed by atoms with Crippen molar-refractivity contribution in [2.45, 2.75) is 6.42 Å². The fourth-order valence-electron chi connectivity index (χ4n) is 1.82. The number of aromatic amines is 1. The summed E-state index contributed by atoms with van der Waals surface area (Å²) in [5.41, 5.74) is 3.85. The third-order valence-electron chi connectivity index (χ3n) is 2.72. The molecular weight excluding hydrogens is 304 g/mol. The molecule has 1 aromatic heterocycles. The van der Waals surface area contributed by atoms with E-state index in [0.717, 1.165) is 0 Å². The number of hydrogen-bond acceptors (Lipinski definition) is 7. The van der Waals surface area contributed by atoms with E-state index in [4.69, 9.17) is 11.0 Å². The second-order valence-corrected chi connectivity index (χ2v) is 4.43. The molecule has 0 spiro atoms. The lowest BCUT2D eigenvalue weighted by Gasteiger charge is -2.07. The van der Waals surface area contributed by atoms with E-state index in [1.165, 1.54) is 6.07 Å². The number of carbonyl (C=O) groups is 1. The Morgan fingerprint density at radius 1 is 1.52 bits per heavy atom. The first-order valence-corrected chi connectivity index (χ1v) is 6.23. The topological polar surface area (TPSA) is 168 Å². The van der Waals surface area contributed by atoms with Gasteiger partial charge in [-0.1, -0.05) is 6.07 Å². The van der Waals surface area contributed by atoms with Crippen LogP contribution in [0, 0.1) is 21.4 Å². The highest BCUT2D eigenvalue weighted by atomic mass is 16.6. The van der Waals surface area contributed by atoms with Gasteiger partial charge in [0.05, 0.1) is 23.0 Å². The first-order chi connectivity index (χ1) is 10.9. The quantitative estimate of drug-likeness (QED) is 0.527. The molecule has 23 heavy (non-hydrogen) atoms. The number of nitro groups is 1. The molecule has 0 radical (unpaired) electrons. The molecule has 1 heterocycles. The van der Waals surface area contributed by atoms with E-state index in [1.54, 1.807) is 18.2 Å². The third-order valence-corrected chi connectivity index (χ3v) is 2.72. The number of nitrogens with two attached hydrogens (primary N) is 1. The Hall–Kier alpha value is -3.74. The molecular formula is C13H10N6O4. The van der Waals surface area contributed by atoms with Crippen molar-refractivity contribution in [1.29, 1.82) is 5.26 Å². The smallest absolute Gasteiger partial charge is 0.369 e. The molecule has 0 saturated carbocycles. The standard InChI is InChI=1S/C13H10N6O4/c14-6-7-2-1-3-8(4-7)16-12-11(19(22)23)13(21)18-10(17-12)5-9(15)20/h1-4H,5H2,(H2,15,20)(H2,16,17,18,21). The largest absolute Gasteiger partial charge is 0.376 e. The average molecular weight is 314 g/mol. The first kappa shape index (κ1) is 15.6. The summed E-state index contributed by atoms with van der Waals surface area (Å²) in [6.45, 7) is 0. The number of H-pyrrole nitrogens is 1. The summed E-state index contributed by atoms with van der Waals surface area (Å²) in [6.07, 6.45) is -0.375. The van der Waals surface area contributed by atoms with Crippen molar-refractivity contribution >= 4 is 23.1 Å². The zero-order valence-corrected chi connectivity index (χ0v) is 11.6. The van der Waals surface area contributed by atoms with Gasteiger partial charge < -0.3 is 16.0 Å². The van der Waals surface area contributed by atoms with Crippen molar-refractivity contribution in [2.75, 3.05) is 5.32 Å². The Bertz CT molecular complexity index is 883. The molecule has 116 valence electrons. The number of carbonyl (C=O) groups excluding carboxylic acids is 1. The summed E-state index contributed by atoms with van der Waals surface area (Å²) in [5, 5.41) is 22.5. The number of aromatic nitrogens is 2. The summed E-state index contributed by atoms with van der Waals surface area (Å²) in [5.74, 6) is -1.20. The highest BCUT2D eigenvalue weighted by Gasteiger charge is 2.23. The van der Waals surface area contributed by atoms with Crippen LogP contribution in [0.1, 0.15) is 11.4 Å². The predicted octanol–water partition coefficient (Wildman–Crippen LogP) is 0.321. The van der Waals surface area contributed by atoms with Gasteiger partial charge in [0.2, 0.25) is 11.7 Å². The fourth-order valence-corrected chi connectivity index (χ4v) is 1.82. The molecule has 1 aromatic carbocycles. The molecule has 4 N–H and O–H groups in total. The minimum absolute atomic E-state index is 0.105. The zero-order chi connectivity index (χ0) is 17.0. The summed E-state index contributed by atoms with van der Waals surface area (Å²) in [7, 11) is 0. The van der Waals surface area contributed by atoms with E-state index >= 15 is 0 Å². The van der Waals surface area contributed by atoms with Gasteiger partial charge in [-0.15, -0.1) is 0 Å².